The monoisotopic (exact) mass is 262 g/mol. The van der Waals surface area contributed by atoms with E-state index in [1.54, 1.807) is 0 Å². The second-order valence-corrected chi connectivity index (χ2v) is 5.18. The van der Waals surface area contributed by atoms with Crippen LogP contribution in [0.4, 0.5) is 5.95 Å². The van der Waals surface area contributed by atoms with E-state index in [1.165, 1.54) is 0 Å². The van der Waals surface area contributed by atoms with Gasteiger partial charge in [-0.1, -0.05) is 5.16 Å². The third-order valence-electron chi connectivity index (χ3n) is 3.18. The van der Waals surface area contributed by atoms with Gasteiger partial charge >= 0.3 is 0 Å². The molecule has 1 saturated heterocycles. The minimum Gasteiger partial charge on any atom is -0.361 e. The molecule has 3 heterocycles. The number of hydrogen-bond acceptors (Lipinski definition) is 6. The molecule has 7 nitrogen and oxygen atoms in total. The Hall–Kier alpha value is -1.89. The van der Waals surface area contributed by atoms with Crippen molar-refractivity contribution in [2.45, 2.75) is 32.9 Å². The lowest BCUT2D eigenvalue weighted by atomic mass is 10.1. The maximum absolute atomic E-state index is 5.05. The molecular weight excluding hydrogens is 244 g/mol. The van der Waals surface area contributed by atoms with Crippen LogP contribution in [-0.4, -0.2) is 45.5 Å². The van der Waals surface area contributed by atoms with E-state index in [-0.39, 0.29) is 0 Å². The van der Waals surface area contributed by atoms with Gasteiger partial charge in [-0.2, -0.15) is 4.98 Å². The van der Waals surface area contributed by atoms with Crippen LogP contribution in [0.25, 0.3) is 11.5 Å². The summed E-state index contributed by atoms with van der Waals surface area (Å²) in [5.74, 6) is 2.12. The molecule has 2 atom stereocenters. The summed E-state index contributed by atoms with van der Waals surface area (Å²) in [4.78, 5) is 6.67. The first-order valence-electron chi connectivity index (χ1n) is 6.49. The highest BCUT2D eigenvalue weighted by Crippen LogP contribution is 2.18. The van der Waals surface area contributed by atoms with E-state index in [4.69, 9.17) is 4.52 Å². The number of nitrogens with zero attached hydrogens (tertiary/aromatic N) is 4. The Kier molecular flexibility index (Phi) is 2.98. The smallest absolute Gasteiger partial charge is 0.245 e. The van der Waals surface area contributed by atoms with Gasteiger partial charge in [0.2, 0.25) is 5.95 Å². The lowest BCUT2D eigenvalue weighted by Gasteiger charge is -2.35. The van der Waals surface area contributed by atoms with E-state index in [2.05, 4.69) is 44.4 Å². The highest BCUT2D eigenvalue weighted by molar-refractivity contribution is 5.51. The van der Waals surface area contributed by atoms with E-state index in [1.807, 2.05) is 13.0 Å². The fourth-order valence-corrected chi connectivity index (χ4v) is 2.48. The molecule has 1 aliphatic rings. The van der Waals surface area contributed by atoms with Crippen LogP contribution in [0.15, 0.2) is 10.6 Å². The molecule has 0 aliphatic carbocycles. The molecule has 0 aromatic carbocycles. The third-order valence-corrected chi connectivity index (χ3v) is 3.18. The number of hydrogen-bond donors (Lipinski definition) is 2. The average Bonchev–Trinajstić information content (AvgIpc) is 2.95. The summed E-state index contributed by atoms with van der Waals surface area (Å²) in [6.07, 6.45) is 0. The number of piperazine rings is 1. The van der Waals surface area contributed by atoms with Gasteiger partial charge in [0.15, 0.2) is 11.5 Å². The van der Waals surface area contributed by atoms with Gasteiger partial charge in [0, 0.05) is 31.2 Å². The Bertz CT molecular complexity index is 552. The topological polar surface area (TPSA) is 82.9 Å². The standard InChI is InChI=1S/C12H18N6O/c1-7-5-18(6-8(2)13-7)12-14-11(15-16-12)10-4-9(3)19-17-10/h4,7-8,13H,5-6H2,1-3H3,(H,14,15,16). The van der Waals surface area contributed by atoms with Crippen molar-refractivity contribution in [3.05, 3.63) is 11.8 Å². The zero-order valence-electron chi connectivity index (χ0n) is 11.3. The fraction of sp³-hybridized carbons (Fsp3) is 0.583. The van der Waals surface area contributed by atoms with Gasteiger partial charge < -0.3 is 14.7 Å². The quantitative estimate of drug-likeness (QED) is 0.838. The van der Waals surface area contributed by atoms with Crippen molar-refractivity contribution in [1.82, 2.24) is 25.7 Å². The molecule has 0 spiro atoms. The molecular formula is C12H18N6O. The fourth-order valence-electron chi connectivity index (χ4n) is 2.48. The van der Waals surface area contributed by atoms with E-state index in [0.29, 0.717) is 23.6 Å². The molecule has 7 heteroatoms. The van der Waals surface area contributed by atoms with E-state index < -0.39 is 0 Å². The van der Waals surface area contributed by atoms with Gasteiger partial charge in [0.05, 0.1) is 0 Å². The highest BCUT2D eigenvalue weighted by atomic mass is 16.5. The molecule has 0 radical (unpaired) electrons. The van der Waals surface area contributed by atoms with Gasteiger partial charge in [-0.15, -0.1) is 5.10 Å². The molecule has 2 N–H and O–H groups in total. The number of nitrogens with one attached hydrogen (secondary N) is 2. The molecule has 1 fully saturated rings. The third kappa shape index (κ3) is 2.46. The van der Waals surface area contributed by atoms with Gasteiger partial charge in [0.25, 0.3) is 0 Å². The van der Waals surface area contributed by atoms with E-state index >= 15 is 0 Å². The number of aromatic amines is 1. The Morgan fingerprint density at radius 1 is 1.32 bits per heavy atom. The molecule has 2 aromatic heterocycles. The Balaban J connectivity index is 1.81. The molecule has 0 saturated carbocycles. The Morgan fingerprint density at radius 2 is 2.05 bits per heavy atom. The zero-order chi connectivity index (χ0) is 13.4. The van der Waals surface area contributed by atoms with Gasteiger partial charge in [-0.05, 0) is 20.8 Å². The Labute approximate surface area is 111 Å². The van der Waals surface area contributed by atoms with Gasteiger partial charge in [-0.3, -0.25) is 5.10 Å². The maximum atomic E-state index is 5.05. The zero-order valence-corrected chi connectivity index (χ0v) is 11.3. The molecule has 19 heavy (non-hydrogen) atoms. The molecule has 0 amide bonds. The average molecular weight is 262 g/mol. The molecule has 3 rings (SSSR count). The maximum Gasteiger partial charge on any atom is 0.245 e. The van der Waals surface area contributed by atoms with Crippen LogP contribution >= 0.6 is 0 Å². The summed E-state index contributed by atoms with van der Waals surface area (Å²) in [6, 6.07) is 2.70. The number of aromatic nitrogens is 4. The molecule has 102 valence electrons. The first-order valence-corrected chi connectivity index (χ1v) is 6.49. The lowest BCUT2D eigenvalue weighted by molar-refractivity contribution is 0.399. The van der Waals surface area contributed by atoms with Crippen molar-refractivity contribution in [2.24, 2.45) is 0 Å². The summed E-state index contributed by atoms with van der Waals surface area (Å²) in [7, 11) is 0. The highest BCUT2D eigenvalue weighted by Gasteiger charge is 2.24. The largest absolute Gasteiger partial charge is 0.361 e. The predicted molar refractivity (Wildman–Crippen MR) is 70.9 cm³/mol. The lowest BCUT2D eigenvalue weighted by Crippen LogP contribution is -2.54. The normalized spacial score (nSPS) is 23.8. The van der Waals surface area contributed by atoms with Crippen molar-refractivity contribution in [2.75, 3.05) is 18.0 Å². The van der Waals surface area contributed by atoms with Crippen LogP contribution in [-0.2, 0) is 0 Å². The number of rotatable bonds is 2. The van der Waals surface area contributed by atoms with Crippen LogP contribution in [0.3, 0.4) is 0 Å². The van der Waals surface area contributed by atoms with Crippen molar-refractivity contribution in [3.63, 3.8) is 0 Å². The molecule has 2 unspecified atom stereocenters. The van der Waals surface area contributed by atoms with Crippen LogP contribution < -0.4 is 10.2 Å². The number of H-pyrrole nitrogens is 1. The summed E-state index contributed by atoms with van der Waals surface area (Å²) in [6.45, 7) is 7.99. The number of aryl methyl sites for hydroxylation is 1. The van der Waals surface area contributed by atoms with E-state index in [9.17, 15) is 0 Å². The summed E-state index contributed by atoms with van der Waals surface area (Å²) < 4.78 is 5.05. The number of anilines is 1. The van der Waals surface area contributed by atoms with Gasteiger partial charge in [0.1, 0.15) is 5.76 Å². The van der Waals surface area contributed by atoms with Crippen LogP contribution in [0.2, 0.25) is 0 Å². The van der Waals surface area contributed by atoms with Crippen molar-refractivity contribution >= 4 is 5.95 Å². The minimum atomic E-state index is 0.431. The second-order valence-electron chi connectivity index (χ2n) is 5.18. The molecule has 2 aromatic rings. The summed E-state index contributed by atoms with van der Waals surface area (Å²) >= 11 is 0. The molecule has 0 bridgehead atoms. The molecule has 1 aliphatic heterocycles. The van der Waals surface area contributed by atoms with Crippen LogP contribution in [0, 0.1) is 6.92 Å². The van der Waals surface area contributed by atoms with Crippen LogP contribution in [0.5, 0.6) is 0 Å². The second kappa shape index (κ2) is 4.65. The van der Waals surface area contributed by atoms with E-state index in [0.717, 1.165) is 24.8 Å². The minimum absolute atomic E-state index is 0.431. The van der Waals surface area contributed by atoms with Crippen molar-refractivity contribution in [3.8, 4) is 11.5 Å². The SMILES string of the molecule is Cc1cc(-c2nc(N3CC(C)NC(C)C3)n[nH]2)no1. The van der Waals surface area contributed by atoms with Gasteiger partial charge in [-0.25, -0.2) is 0 Å². The summed E-state index contributed by atoms with van der Waals surface area (Å²) in [5.41, 5.74) is 0.687. The van der Waals surface area contributed by atoms with Crippen molar-refractivity contribution in [1.29, 1.82) is 0 Å². The summed E-state index contributed by atoms with van der Waals surface area (Å²) in [5, 5.41) is 14.6. The Morgan fingerprint density at radius 3 is 2.68 bits per heavy atom. The first-order chi connectivity index (χ1) is 9.11. The predicted octanol–water partition coefficient (Wildman–Crippen LogP) is 0.955. The first kappa shape index (κ1) is 12.2. The van der Waals surface area contributed by atoms with Crippen molar-refractivity contribution < 1.29 is 4.52 Å². The van der Waals surface area contributed by atoms with Crippen LogP contribution in [0.1, 0.15) is 19.6 Å².